The standard InChI is InChI=1S/C9H12N4O2/c10-7-5-9(12-3-1-2-4-12)11-6-8(7)13(14)15/h5-6H,1-4H2,(H2,10,11). The Bertz CT molecular complexity index is 388. The van der Waals surface area contributed by atoms with Gasteiger partial charge in [0, 0.05) is 19.2 Å². The second-order valence-corrected chi connectivity index (χ2v) is 3.55. The molecular formula is C9H12N4O2. The number of nitro groups is 1. The number of hydrogen-bond donors (Lipinski definition) is 1. The molecule has 0 atom stereocenters. The third-order valence-corrected chi connectivity index (χ3v) is 2.53. The van der Waals surface area contributed by atoms with E-state index in [4.69, 9.17) is 5.73 Å². The van der Waals surface area contributed by atoms with Crippen molar-refractivity contribution in [3.63, 3.8) is 0 Å². The van der Waals surface area contributed by atoms with Gasteiger partial charge in [-0.1, -0.05) is 0 Å². The smallest absolute Gasteiger partial charge is 0.310 e. The van der Waals surface area contributed by atoms with Crippen LogP contribution in [0.1, 0.15) is 12.8 Å². The average molecular weight is 208 g/mol. The number of nitrogen functional groups attached to an aromatic ring is 1. The first-order chi connectivity index (χ1) is 7.18. The lowest BCUT2D eigenvalue weighted by Crippen LogP contribution is -2.19. The van der Waals surface area contributed by atoms with Crippen LogP contribution in [0.15, 0.2) is 12.3 Å². The second kappa shape index (κ2) is 3.72. The van der Waals surface area contributed by atoms with Crippen molar-refractivity contribution in [3.8, 4) is 0 Å². The van der Waals surface area contributed by atoms with Crippen LogP contribution < -0.4 is 10.6 Å². The van der Waals surface area contributed by atoms with Crippen LogP contribution in [0.5, 0.6) is 0 Å². The van der Waals surface area contributed by atoms with Crippen molar-refractivity contribution >= 4 is 17.2 Å². The second-order valence-electron chi connectivity index (χ2n) is 3.55. The monoisotopic (exact) mass is 208 g/mol. The van der Waals surface area contributed by atoms with Gasteiger partial charge in [0.1, 0.15) is 17.7 Å². The molecule has 2 heterocycles. The minimum atomic E-state index is -0.518. The molecule has 0 bridgehead atoms. The number of aromatic nitrogens is 1. The third kappa shape index (κ3) is 1.83. The summed E-state index contributed by atoms with van der Waals surface area (Å²) in [6.45, 7) is 1.90. The summed E-state index contributed by atoms with van der Waals surface area (Å²) in [5.41, 5.74) is 5.63. The maximum absolute atomic E-state index is 10.5. The highest BCUT2D eigenvalue weighted by Crippen LogP contribution is 2.25. The quantitative estimate of drug-likeness (QED) is 0.582. The van der Waals surface area contributed by atoms with Gasteiger partial charge in [0.25, 0.3) is 0 Å². The van der Waals surface area contributed by atoms with Gasteiger partial charge in [0.2, 0.25) is 0 Å². The van der Waals surface area contributed by atoms with Crippen molar-refractivity contribution < 1.29 is 4.92 Å². The van der Waals surface area contributed by atoms with Crippen LogP contribution in [-0.2, 0) is 0 Å². The zero-order valence-corrected chi connectivity index (χ0v) is 8.22. The number of nitrogens with zero attached hydrogens (tertiary/aromatic N) is 3. The summed E-state index contributed by atoms with van der Waals surface area (Å²) in [6, 6.07) is 1.57. The zero-order chi connectivity index (χ0) is 10.8. The Labute approximate surface area is 86.9 Å². The van der Waals surface area contributed by atoms with E-state index in [9.17, 15) is 10.1 Å². The van der Waals surface area contributed by atoms with E-state index < -0.39 is 4.92 Å². The number of nitrogens with two attached hydrogens (primary N) is 1. The SMILES string of the molecule is Nc1cc(N2CCCC2)ncc1[N+](=O)[O-]. The summed E-state index contributed by atoms with van der Waals surface area (Å²) in [7, 11) is 0. The number of anilines is 2. The van der Waals surface area contributed by atoms with E-state index in [0.29, 0.717) is 0 Å². The molecule has 1 aliphatic heterocycles. The van der Waals surface area contributed by atoms with Gasteiger partial charge in [-0.2, -0.15) is 0 Å². The Morgan fingerprint density at radius 1 is 1.47 bits per heavy atom. The molecule has 0 spiro atoms. The molecule has 1 aliphatic rings. The van der Waals surface area contributed by atoms with Gasteiger partial charge in [-0.25, -0.2) is 4.98 Å². The van der Waals surface area contributed by atoms with E-state index in [1.165, 1.54) is 6.20 Å². The normalized spacial score (nSPS) is 15.6. The van der Waals surface area contributed by atoms with Gasteiger partial charge in [0.05, 0.1) is 4.92 Å². The molecule has 1 fully saturated rings. The van der Waals surface area contributed by atoms with Gasteiger partial charge in [-0.3, -0.25) is 10.1 Å². The molecule has 1 saturated heterocycles. The summed E-state index contributed by atoms with van der Waals surface area (Å²) in [5.74, 6) is 0.732. The van der Waals surface area contributed by atoms with Crippen LogP contribution in [0, 0.1) is 10.1 Å². The van der Waals surface area contributed by atoms with Crippen LogP contribution in [0.25, 0.3) is 0 Å². The molecule has 2 N–H and O–H groups in total. The van der Waals surface area contributed by atoms with E-state index in [1.54, 1.807) is 6.07 Å². The predicted octanol–water partition coefficient (Wildman–Crippen LogP) is 1.17. The highest BCUT2D eigenvalue weighted by molar-refractivity contribution is 5.62. The summed E-state index contributed by atoms with van der Waals surface area (Å²) in [4.78, 5) is 16.1. The largest absolute Gasteiger partial charge is 0.393 e. The molecule has 0 unspecified atom stereocenters. The van der Waals surface area contributed by atoms with E-state index in [1.807, 2.05) is 0 Å². The van der Waals surface area contributed by atoms with Crippen LogP contribution in [-0.4, -0.2) is 23.0 Å². The minimum Gasteiger partial charge on any atom is -0.393 e. The van der Waals surface area contributed by atoms with Crippen molar-refractivity contribution in [2.75, 3.05) is 23.7 Å². The highest BCUT2D eigenvalue weighted by atomic mass is 16.6. The van der Waals surface area contributed by atoms with Gasteiger partial charge < -0.3 is 10.6 Å². The Balaban J connectivity index is 2.28. The lowest BCUT2D eigenvalue weighted by Gasteiger charge is -2.15. The lowest BCUT2D eigenvalue weighted by molar-refractivity contribution is -0.384. The molecule has 2 rings (SSSR count). The number of pyridine rings is 1. The Hall–Kier alpha value is -1.85. The van der Waals surface area contributed by atoms with Gasteiger partial charge in [-0.15, -0.1) is 0 Å². The summed E-state index contributed by atoms with van der Waals surface area (Å²) < 4.78 is 0. The van der Waals surface area contributed by atoms with E-state index in [0.717, 1.165) is 31.7 Å². The molecule has 0 saturated carbocycles. The van der Waals surface area contributed by atoms with Crippen LogP contribution in [0.4, 0.5) is 17.2 Å². The molecule has 0 aromatic carbocycles. The van der Waals surface area contributed by atoms with Crippen molar-refractivity contribution in [3.05, 3.63) is 22.4 Å². The fourth-order valence-electron chi connectivity index (χ4n) is 1.72. The molecule has 1 aromatic rings. The van der Waals surface area contributed by atoms with Crippen molar-refractivity contribution in [1.29, 1.82) is 0 Å². The summed E-state index contributed by atoms with van der Waals surface area (Å²) in [5, 5.41) is 10.5. The third-order valence-electron chi connectivity index (χ3n) is 2.53. The van der Waals surface area contributed by atoms with E-state index >= 15 is 0 Å². The Morgan fingerprint density at radius 3 is 2.67 bits per heavy atom. The first-order valence-corrected chi connectivity index (χ1v) is 4.83. The molecule has 15 heavy (non-hydrogen) atoms. The van der Waals surface area contributed by atoms with Gasteiger partial charge in [0.15, 0.2) is 0 Å². The predicted molar refractivity (Wildman–Crippen MR) is 56.8 cm³/mol. The molecule has 1 aromatic heterocycles. The number of rotatable bonds is 2. The van der Waals surface area contributed by atoms with Gasteiger partial charge >= 0.3 is 5.69 Å². The fourth-order valence-corrected chi connectivity index (χ4v) is 1.72. The van der Waals surface area contributed by atoms with Crippen LogP contribution >= 0.6 is 0 Å². The molecule has 80 valence electrons. The summed E-state index contributed by atoms with van der Waals surface area (Å²) in [6.07, 6.45) is 3.50. The first-order valence-electron chi connectivity index (χ1n) is 4.83. The van der Waals surface area contributed by atoms with Gasteiger partial charge in [-0.05, 0) is 12.8 Å². The molecule has 0 amide bonds. The number of hydrogen-bond acceptors (Lipinski definition) is 5. The topological polar surface area (TPSA) is 85.3 Å². The first kappa shape index (κ1) is 9.70. The average Bonchev–Trinajstić information content (AvgIpc) is 2.69. The Kier molecular flexibility index (Phi) is 2.40. The maximum atomic E-state index is 10.5. The van der Waals surface area contributed by atoms with Crippen molar-refractivity contribution in [2.24, 2.45) is 0 Å². The molecular weight excluding hydrogens is 196 g/mol. The van der Waals surface area contributed by atoms with E-state index in [2.05, 4.69) is 9.88 Å². The molecule has 0 aliphatic carbocycles. The highest BCUT2D eigenvalue weighted by Gasteiger charge is 2.17. The van der Waals surface area contributed by atoms with Crippen molar-refractivity contribution in [1.82, 2.24) is 4.98 Å². The molecule has 6 nitrogen and oxygen atoms in total. The molecule has 6 heteroatoms. The lowest BCUT2D eigenvalue weighted by atomic mass is 10.3. The fraction of sp³-hybridized carbons (Fsp3) is 0.444. The van der Waals surface area contributed by atoms with Crippen LogP contribution in [0.2, 0.25) is 0 Å². The minimum absolute atomic E-state index is 0.127. The molecule has 0 radical (unpaired) electrons. The zero-order valence-electron chi connectivity index (χ0n) is 8.22. The van der Waals surface area contributed by atoms with Crippen molar-refractivity contribution in [2.45, 2.75) is 12.8 Å². The maximum Gasteiger partial charge on any atom is 0.310 e. The van der Waals surface area contributed by atoms with E-state index in [-0.39, 0.29) is 11.4 Å². The van der Waals surface area contributed by atoms with Crippen LogP contribution in [0.3, 0.4) is 0 Å². The summed E-state index contributed by atoms with van der Waals surface area (Å²) >= 11 is 0. The Morgan fingerprint density at radius 2 is 2.13 bits per heavy atom.